The van der Waals surface area contributed by atoms with Gasteiger partial charge >= 0.3 is 12.0 Å². The zero-order valence-corrected chi connectivity index (χ0v) is 13.2. The number of halogens is 1. The molecule has 2 amide bonds. The zero-order chi connectivity index (χ0) is 16.6. The molecule has 2 aromatic rings. The number of urea groups is 1. The summed E-state index contributed by atoms with van der Waals surface area (Å²) < 4.78 is 1.35. The van der Waals surface area contributed by atoms with Crippen LogP contribution in [-0.4, -0.2) is 38.3 Å². The number of carboxylic acids is 1. The van der Waals surface area contributed by atoms with Crippen molar-refractivity contribution in [3.63, 3.8) is 0 Å². The Kier molecular flexibility index (Phi) is 3.96. The van der Waals surface area contributed by atoms with Crippen LogP contribution in [0.25, 0.3) is 0 Å². The first-order valence-corrected chi connectivity index (χ1v) is 7.43. The number of benzene rings is 1. The molecule has 1 aromatic heterocycles. The minimum absolute atomic E-state index is 0.129. The first-order chi connectivity index (χ1) is 11.0. The van der Waals surface area contributed by atoms with Gasteiger partial charge in [0.15, 0.2) is 5.69 Å². The van der Waals surface area contributed by atoms with Crippen molar-refractivity contribution in [1.82, 2.24) is 14.7 Å². The second kappa shape index (κ2) is 5.92. The van der Waals surface area contributed by atoms with Gasteiger partial charge in [0, 0.05) is 36.3 Å². The van der Waals surface area contributed by atoms with Gasteiger partial charge in [-0.2, -0.15) is 5.10 Å². The highest BCUT2D eigenvalue weighted by Crippen LogP contribution is 2.23. The number of aromatic carboxylic acids is 1. The van der Waals surface area contributed by atoms with Gasteiger partial charge in [0.2, 0.25) is 0 Å². The largest absolute Gasteiger partial charge is 0.477 e. The molecule has 3 rings (SSSR count). The molecule has 0 radical (unpaired) electrons. The van der Waals surface area contributed by atoms with Gasteiger partial charge in [-0.05, 0) is 24.3 Å². The topological polar surface area (TPSA) is 87.5 Å². The summed E-state index contributed by atoms with van der Waals surface area (Å²) in [6, 6.07) is 6.52. The maximum atomic E-state index is 12.4. The molecule has 0 spiro atoms. The summed E-state index contributed by atoms with van der Waals surface area (Å²) >= 11 is 5.81. The van der Waals surface area contributed by atoms with E-state index in [1.807, 2.05) is 0 Å². The van der Waals surface area contributed by atoms with Crippen molar-refractivity contribution in [2.75, 3.05) is 11.9 Å². The van der Waals surface area contributed by atoms with Gasteiger partial charge < -0.3 is 15.3 Å². The van der Waals surface area contributed by atoms with Crippen LogP contribution >= 0.6 is 11.6 Å². The predicted octanol–water partition coefficient (Wildman–Crippen LogP) is 2.36. The number of aryl methyl sites for hydroxylation is 1. The number of rotatable bonds is 2. The Morgan fingerprint density at radius 1 is 1.30 bits per heavy atom. The summed E-state index contributed by atoms with van der Waals surface area (Å²) in [5.41, 5.74) is 2.09. The van der Waals surface area contributed by atoms with Gasteiger partial charge in [0.25, 0.3) is 0 Å². The first-order valence-electron chi connectivity index (χ1n) is 7.05. The standard InChI is InChI=1S/C15H15ClN4O3/c1-19-13(14(21)22)11-8-20(7-6-12(11)18-19)15(23)17-10-4-2-9(16)3-5-10/h2-5H,6-8H2,1H3,(H,17,23)(H,21,22). The van der Waals surface area contributed by atoms with E-state index < -0.39 is 5.97 Å². The highest BCUT2D eigenvalue weighted by Gasteiger charge is 2.29. The third-order valence-electron chi connectivity index (χ3n) is 3.78. The molecule has 1 aliphatic rings. The lowest BCUT2D eigenvalue weighted by Crippen LogP contribution is -2.39. The predicted molar refractivity (Wildman–Crippen MR) is 84.8 cm³/mol. The summed E-state index contributed by atoms with van der Waals surface area (Å²) in [6.07, 6.45) is 0.532. The summed E-state index contributed by atoms with van der Waals surface area (Å²) in [7, 11) is 1.60. The molecule has 7 nitrogen and oxygen atoms in total. The summed E-state index contributed by atoms with van der Waals surface area (Å²) in [4.78, 5) is 25.3. The number of carbonyl (C=O) groups is 2. The number of carbonyl (C=O) groups excluding carboxylic acids is 1. The molecular formula is C15H15ClN4O3. The van der Waals surface area contributed by atoms with Crippen LogP contribution in [-0.2, 0) is 20.0 Å². The number of fused-ring (bicyclic) bond motifs is 1. The van der Waals surface area contributed by atoms with Crippen LogP contribution in [0.3, 0.4) is 0 Å². The van der Waals surface area contributed by atoms with E-state index in [0.29, 0.717) is 29.2 Å². The van der Waals surface area contributed by atoms with Gasteiger partial charge in [-0.25, -0.2) is 9.59 Å². The molecule has 0 atom stereocenters. The van der Waals surface area contributed by atoms with Crippen LogP contribution in [0.2, 0.25) is 5.02 Å². The lowest BCUT2D eigenvalue weighted by atomic mass is 10.1. The Labute approximate surface area is 137 Å². The van der Waals surface area contributed by atoms with Crippen molar-refractivity contribution < 1.29 is 14.7 Å². The third-order valence-corrected chi connectivity index (χ3v) is 4.03. The minimum atomic E-state index is -1.04. The maximum Gasteiger partial charge on any atom is 0.354 e. The molecule has 0 unspecified atom stereocenters. The van der Waals surface area contributed by atoms with E-state index in [2.05, 4.69) is 10.4 Å². The summed E-state index contributed by atoms with van der Waals surface area (Å²) in [5.74, 6) is -1.04. The number of aromatic nitrogens is 2. The van der Waals surface area contributed by atoms with Crippen molar-refractivity contribution >= 4 is 29.3 Å². The average Bonchev–Trinajstić information content (AvgIpc) is 2.84. The van der Waals surface area contributed by atoms with Gasteiger partial charge in [-0.3, -0.25) is 4.68 Å². The fourth-order valence-electron chi connectivity index (χ4n) is 2.68. The quantitative estimate of drug-likeness (QED) is 0.882. The number of anilines is 1. The minimum Gasteiger partial charge on any atom is -0.477 e. The van der Waals surface area contributed by atoms with Crippen LogP contribution in [0.1, 0.15) is 21.7 Å². The number of carboxylic acid groups (broad SMARTS) is 1. The number of hydrogen-bond donors (Lipinski definition) is 2. The molecule has 0 aliphatic carbocycles. The van der Waals surface area contributed by atoms with E-state index in [9.17, 15) is 14.7 Å². The summed E-state index contributed by atoms with van der Waals surface area (Å²) in [5, 5.41) is 16.9. The molecule has 8 heteroatoms. The lowest BCUT2D eigenvalue weighted by molar-refractivity contribution is 0.0682. The van der Waals surface area contributed by atoms with Crippen LogP contribution < -0.4 is 5.32 Å². The molecular weight excluding hydrogens is 320 g/mol. The van der Waals surface area contributed by atoms with Gasteiger partial charge in [-0.1, -0.05) is 11.6 Å². The fraction of sp³-hybridized carbons (Fsp3) is 0.267. The van der Waals surface area contributed by atoms with Gasteiger partial charge in [0.1, 0.15) is 0 Å². The highest BCUT2D eigenvalue weighted by molar-refractivity contribution is 6.30. The Bertz CT molecular complexity index is 770. The second-order valence-corrected chi connectivity index (χ2v) is 5.75. The summed E-state index contributed by atoms with van der Waals surface area (Å²) in [6.45, 7) is 0.715. The Hall–Kier alpha value is -2.54. The van der Waals surface area contributed by atoms with Crippen molar-refractivity contribution in [1.29, 1.82) is 0 Å². The van der Waals surface area contributed by atoms with Gasteiger partial charge in [0.05, 0.1) is 12.2 Å². The van der Waals surface area contributed by atoms with Gasteiger partial charge in [-0.15, -0.1) is 0 Å². The van der Waals surface area contributed by atoms with E-state index in [4.69, 9.17) is 11.6 Å². The van der Waals surface area contributed by atoms with Crippen LogP contribution in [0.5, 0.6) is 0 Å². The Morgan fingerprint density at radius 3 is 2.65 bits per heavy atom. The number of amides is 2. The Balaban J connectivity index is 1.77. The second-order valence-electron chi connectivity index (χ2n) is 5.31. The number of nitrogens with one attached hydrogen (secondary N) is 1. The van der Waals surface area contributed by atoms with Crippen molar-refractivity contribution in [3.8, 4) is 0 Å². The molecule has 1 aliphatic heterocycles. The van der Waals surface area contributed by atoms with Crippen molar-refractivity contribution in [2.24, 2.45) is 7.05 Å². The lowest BCUT2D eigenvalue weighted by Gasteiger charge is -2.26. The monoisotopic (exact) mass is 334 g/mol. The van der Waals surface area contributed by atoms with E-state index in [-0.39, 0.29) is 18.3 Å². The molecule has 0 bridgehead atoms. The fourth-order valence-corrected chi connectivity index (χ4v) is 2.80. The molecule has 0 saturated carbocycles. The Morgan fingerprint density at radius 2 is 2.00 bits per heavy atom. The SMILES string of the molecule is Cn1nc2c(c1C(=O)O)CN(C(=O)Nc1ccc(Cl)cc1)CC2. The smallest absolute Gasteiger partial charge is 0.354 e. The maximum absolute atomic E-state index is 12.4. The van der Waals surface area contributed by atoms with E-state index in [1.54, 1.807) is 36.2 Å². The normalized spacial score (nSPS) is 13.6. The number of nitrogens with zero attached hydrogens (tertiary/aromatic N) is 3. The van der Waals surface area contributed by atoms with Crippen molar-refractivity contribution in [2.45, 2.75) is 13.0 Å². The van der Waals surface area contributed by atoms with Crippen LogP contribution in [0.4, 0.5) is 10.5 Å². The molecule has 1 aromatic carbocycles. The molecule has 0 fully saturated rings. The van der Waals surface area contributed by atoms with E-state index >= 15 is 0 Å². The number of hydrogen-bond acceptors (Lipinski definition) is 3. The van der Waals surface area contributed by atoms with Crippen LogP contribution in [0, 0.1) is 0 Å². The molecule has 120 valence electrons. The molecule has 23 heavy (non-hydrogen) atoms. The molecule has 2 heterocycles. The van der Waals surface area contributed by atoms with Crippen LogP contribution in [0.15, 0.2) is 24.3 Å². The third kappa shape index (κ3) is 3.00. The zero-order valence-electron chi connectivity index (χ0n) is 12.4. The molecule has 0 saturated heterocycles. The van der Waals surface area contributed by atoms with Crippen molar-refractivity contribution in [3.05, 3.63) is 46.2 Å². The van der Waals surface area contributed by atoms with E-state index in [0.717, 1.165) is 5.69 Å². The first kappa shape index (κ1) is 15.4. The average molecular weight is 335 g/mol. The van der Waals surface area contributed by atoms with E-state index in [1.165, 1.54) is 4.68 Å². The molecule has 2 N–H and O–H groups in total. The highest BCUT2D eigenvalue weighted by atomic mass is 35.5.